The van der Waals surface area contributed by atoms with Gasteiger partial charge >= 0.3 is 0 Å². The molecular formula is C11H22N2O2. The Kier molecular flexibility index (Phi) is 5.05. The number of rotatable bonds is 5. The summed E-state index contributed by atoms with van der Waals surface area (Å²) in [7, 11) is 0. The molecule has 0 aromatic carbocycles. The Hall–Kier alpha value is -0.610. The Morgan fingerprint density at radius 3 is 2.87 bits per heavy atom. The van der Waals surface area contributed by atoms with Gasteiger partial charge < -0.3 is 15.8 Å². The molecule has 1 aliphatic heterocycles. The number of hydrogen-bond acceptors (Lipinski definition) is 3. The average molecular weight is 214 g/mol. The normalized spacial score (nSPS) is 23.1. The summed E-state index contributed by atoms with van der Waals surface area (Å²) in [5.74, 6) is 0.135. The summed E-state index contributed by atoms with van der Waals surface area (Å²) >= 11 is 0. The van der Waals surface area contributed by atoms with E-state index in [-0.39, 0.29) is 11.8 Å². The topological polar surface area (TPSA) is 64.4 Å². The van der Waals surface area contributed by atoms with Gasteiger partial charge in [0.15, 0.2) is 0 Å². The molecule has 3 N–H and O–H groups in total. The van der Waals surface area contributed by atoms with Gasteiger partial charge in [-0.15, -0.1) is 0 Å². The molecule has 2 atom stereocenters. The number of amides is 1. The van der Waals surface area contributed by atoms with Crippen molar-refractivity contribution in [2.75, 3.05) is 13.2 Å². The highest BCUT2D eigenvalue weighted by atomic mass is 16.5. The second-order valence-electron chi connectivity index (χ2n) is 4.48. The Morgan fingerprint density at radius 1 is 1.60 bits per heavy atom. The molecule has 0 aromatic rings. The SMILES string of the molecule is CC(C)[C@H](N)C(=O)NCCC1CCCO1. The van der Waals surface area contributed by atoms with Gasteiger partial charge in [0.1, 0.15) is 0 Å². The molecule has 0 aromatic heterocycles. The van der Waals surface area contributed by atoms with E-state index >= 15 is 0 Å². The number of nitrogens with one attached hydrogen (secondary N) is 1. The van der Waals surface area contributed by atoms with E-state index < -0.39 is 6.04 Å². The predicted molar refractivity (Wildman–Crippen MR) is 59.4 cm³/mol. The minimum Gasteiger partial charge on any atom is -0.378 e. The fraction of sp³-hybridized carbons (Fsp3) is 0.909. The molecule has 4 heteroatoms. The van der Waals surface area contributed by atoms with Crippen LogP contribution in [0.25, 0.3) is 0 Å². The highest BCUT2D eigenvalue weighted by Gasteiger charge is 2.18. The number of nitrogens with two attached hydrogens (primary N) is 1. The third-order valence-electron chi connectivity index (χ3n) is 2.81. The maximum absolute atomic E-state index is 11.5. The largest absolute Gasteiger partial charge is 0.378 e. The number of ether oxygens (including phenoxy) is 1. The Labute approximate surface area is 91.5 Å². The van der Waals surface area contributed by atoms with Gasteiger partial charge in [-0.1, -0.05) is 13.8 Å². The van der Waals surface area contributed by atoms with Crippen LogP contribution in [0.15, 0.2) is 0 Å². The highest BCUT2D eigenvalue weighted by molar-refractivity contribution is 5.81. The van der Waals surface area contributed by atoms with Gasteiger partial charge in [0.2, 0.25) is 5.91 Å². The zero-order valence-corrected chi connectivity index (χ0v) is 9.66. The average Bonchev–Trinajstić information content (AvgIpc) is 2.69. The zero-order valence-electron chi connectivity index (χ0n) is 9.66. The maximum atomic E-state index is 11.5. The van der Waals surface area contributed by atoms with Crippen LogP contribution >= 0.6 is 0 Å². The number of hydrogen-bond donors (Lipinski definition) is 2. The van der Waals surface area contributed by atoms with E-state index in [0.29, 0.717) is 12.6 Å². The molecule has 1 saturated heterocycles. The minimum absolute atomic E-state index is 0.0528. The Morgan fingerprint density at radius 2 is 2.33 bits per heavy atom. The fourth-order valence-electron chi connectivity index (χ4n) is 1.65. The zero-order chi connectivity index (χ0) is 11.3. The van der Waals surface area contributed by atoms with Crippen molar-refractivity contribution < 1.29 is 9.53 Å². The summed E-state index contributed by atoms with van der Waals surface area (Å²) in [5.41, 5.74) is 5.71. The van der Waals surface area contributed by atoms with Gasteiger partial charge in [-0.3, -0.25) is 4.79 Å². The first-order valence-corrected chi connectivity index (χ1v) is 5.76. The van der Waals surface area contributed by atoms with Crippen LogP contribution in [0.3, 0.4) is 0 Å². The van der Waals surface area contributed by atoms with Crippen molar-refractivity contribution in [1.82, 2.24) is 5.32 Å². The molecule has 15 heavy (non-hydrogen) atoms. The molecule has 1 heterocycles. The molecule has 0 aliphatic carbocycles. The smallest absolute Gasteiger partial charge is 0.237 e. The highest BCUT2D eigenvalue weighted by Crippen LogP contribution is 2.14. The van der Waals surface area contributed by atoms with Crippen LogP contribution in [0.5, 0.6) is 0 Å². The van der Waals surface area contributed by atoms with E-state index in [1.165, 1.54) is 0 Å². The molecule has 88 valence electrons. The lowest BCUT2D eigenvalue weighted by atomic mass is 10.0. The quantitative estimate of drug-likeness (QED) is 0.706. The predicted octanol–water partition coefficient (Wildman–Crippen LogP) is 0.655. The Bertz CT molecular complexity index is 201. The first-order valence-electron chi connectivity index (χ1n) is 5.76. The van der Waals surface area contributed by atoms with Gasteiger partial charge in [0.25, 0.3) is 0 Å². The van der Waals surface area contributed by atoms with Gasteiger partial charge in [0.05, 0.1) is 12.1 Å². The molecule has 1 rings (SSSR count). The fourth-order valence-corrected chi connectivity index (χ4v) is 1.65. The molecule has 0 radical (unpaired) electrons. The molecule has 0 spiro atoms. The van der Waals surface area contributed by atoms with Crippen LogP contribution < -0.4 is 11.1 Å². The van der Waals surface area contributed by atoms with E-state index in [1.54, 1.807) is 0 Å². The van der Waals surface area contributed by atoms with Crippen LogP contribution in [0.2, 0.25) is 0 Å². The molecule has 0 saturated carbocycles. The lowest BCUT2D eigenvalue weighted by Crippen LogP contribution is -2.44. The molecule has 0 bridgehead atoms. The maximum Gasteiger partial charge on any atom is 0.237 e. The first-order chi connectivity index (χ1) is 7.11. The summed E-state index contributed by atoms with van der Waals surface area (Å²) in [4.78, 5) is 11.5. The first kappa shape index (κ1) is 12.5. The monoisotopic (exact) mass is 214 g/mol. The third kappa shape index (κ3) is 4.18. The van der Waals surface area contributed by atoms with Crippen molar-refractivity contribution in [1.29, 1.82) is 0 Å². The summed E-state index contributed by atoms with van der Waals surface area (Å²) in [5, 5.41) is 2.85. The Balaban J connectivity index is 2.11. The van der Waals surface area contributed by atoms with Gasteiger partial charge in [-0.05, 0) is 25.2 Å². The van der Waals surface area contributed by atoms with Gasteiger partial charge in [-0.25, -0.2) is 0 Å². The molecule has 1 amide bonds. The number of carbonyl (C=O) groups is 1. The van der Waals surface area contributed by atoms with Crippen LogP contribution in [-0.2, 0) is 9.53 Å². The summed E-state index contributed by atoms with van der Waals surface area (Å²) in [6.07, 6.45) is 3.49. The van der Waals surface area contributed by atoms with Crippen molar-refractivity contribution in [2.24, 2.45) is 11.7 Å². The lowest BCUT2D eigenvalue weighted by Gasteiger charge is -2.16. The summed E-state index contributed by atoms with van der Waals surface area (Å²) < 4.78 is 5.46. The van der Waals surface area contributed by atoms with Crippen LogP contribution in [0.4, 0.5) is 0 Å². The number of carbonyl (C=O) groups excluding carboxylic acids is 1. The summed E-state index contributed by atoms with van der Waals surface area (Å²) in [6.45, 7) is 5.43. The van der Waals surface area contributed by atoms with Crippen molar-refractivity contribution in [3.63, 3.8) is 0 Å². The van der Waals surface area contributed by atoms with E-state index in [9.17, 15) is 4.79 Å². The molecule has 1 aliphatic rings. The van der Waals surface area contributed by atoms with Crippen molar-refractivity contribution in [2.45, 2.75) is 45.3 Å². The lowest BCUT2D eigenvalue weighted by molar-refractivity contribution is -0.123. The van der Waals surface area contributed by atoms with E-state index in [1.807, 2.05) is 13.8 Å². The molecule has 1 unspecified atom stereocenters. The standard InChI is InChI=1S/C11H22N2O2/c1-8(2)10(12)11(14)13-6-5-9-4-3-7-15-9/h8-10H,3-7,12H2,1-2H3,(H,13,14)/t9?,10-/m0/s1. The van der Waals surface area contributed by atoms with E-state index in [2.05, 4.69) is 5.32 Å². The third-order valence-corrected chi connectivity index (χ3v) is 2.81. The van der Waals surface area contributed by atoms with Crippen LogP contribution in [-0.4, -0.2) is 31.2 Å². The van der Waals surface area contributed by atoms with Gasteiger partial charge in [-0.2, -0.15) is 0 Å². The minimum atomic E-state index is -0.394. The summed E-state index contributed by atoms with van der Waals surface area (Å²) in [6, 6.07) is -0.394. The second-order valence-corrected chi connectivity index (χ2v) is 4.48. The van der Waals surface area contributed by atoms with Crippen molar-refractivity contribution in [3.05, 3.63) is 0 Å². The van der Waals surface area contributed by atoms with Crippen molar-refractivity contribution >= 4 is 5.91 Å². The van der Waals surface area contributed by atoms with Crippen LogP contribution in [0, 0.1) is 5.92 Å². The van der Waals surface area contributed by atoms with Gasteiger partial charge in [0, 0.05) is 13.2 Å². The molecule has 4 nitrogen and oxygen atoms in total. The van der Waals surface area contributed by atoms with E-state index in [0.717, 1.165) is 25.9 Å². The van der Waals surface area contributed by atoms with Crippen molar-refractivity contribution in [3.8, 4) is 0 Å². The molecule has 1 fully saturated rings. The second kappa shape index (κ2) is 6.08. The molecular weight excluding hydrogens is 192 g/mol. The van der Waals surface area contributed by atoms with Crippen LogP contribution in [0.1, 0.15) is 33.1 Å². The van der Waals surface area contributed by atoms with E-state index in [4.69, 9.17) is 10.5 Å².